The minimum Gasteiger partial charge on any atom is -0.457 e. The molecule has 0 aliphatic rings. The van der Waals surface area contributed by atoms with Gasteiger partial charge in [0.15, 0.2) is 0 Å². The Morgan fingerprint density at radius 2 is 0.410 bits per heavy atom. The first-order valence-corrected chi connectivity index (χ1v) is 11.8. The maximum Gasteiger partial charge on any atom is 0.127 e. The Morgan fingerprint density at radius 3 is 0.590 bits per heavy atom. The lowest BCUT2D eigenvalue weighted by atomic mass is 9.86. The zero-order valence-electron chi connectivity index (χ0n) is 24.1. The molecule has 0 aromatic rings. The predicted octanol–water partition coefficient (Wildman–Crippen LogP) is 11.0. The summed E-state index contributed by atoms with van der Waals surface area (Å²) in [6, 6.07) is 0. The quantitative estimate of drug-likeness (QED) is 0.131. The Hall–Kier alpha value is -4.88. The molecule has 0 spiro atoms. The van der Waals surface area contributed by atoms with E-state index in [-0.39, 0.29) is 11.5 Å². The summed E-state index contributed by atoms with van der Waals surface area (Å²) in [7, 11) is 0. The Morgan fingerprint density at radius 1 is 0.256 bits per heavy atom. The van der Waals surface area contributed by atoms with Crippen molar-refractivity contribution in [1.82, 2.24) is 0 Å². The fourth-order valence-corrected chi connectivity index (χ4v) is 2.95. The first kappa shape index (κ1) is 34.1. The van der Waals surface area contributed by atoms with Crippen molar-refractivity contribution in [2.45, 2.75) is 13.8 Å². The van der Waals surface area contributed by atoms with Gasteiger partial charge in [0.1, 0.15) is 11.5 Å². The third-order valence-corrected chi connectivity index (χ3v) is 6.32. The summed E-state index contributed by atoms with van der Waals surface area (Å²) in [6.07, 6.45) is 0. The second-order valence-corrected chi connectivity index (χ2v) is 9.21. The standard InChI is InChI=1S/C38H42O/c1-21(2)23(5)25(7)27(9)29(11)31(13)33(15)35(17)37(19)39-38(20)36(18)34(16)32(14)30(12)28(10)26(8)24(6)22(3)4/h1,3,5-20H2,2,4H3. The molecule has 0 rings (SSSR count). The van der Waals surface area contributed by atoms with Gasteiger partial charge in [0.25, 0.3) is 0 Å². The molecule has 1 heteroatoms. The van der Waals surface area contributed by atoms with Crippen molar-refractivity contribution in [1.29, 1.82) is 0 Å². The van der Waals surface area contributed by atoms with E-state index < -0.39 is 0 Å². The van der Waals surface area contributed by atoms with E-state index in [0.29, 0.717) is 78.0 Å². The van der Waals surface area contributed by atoms with Gasteiger partial charge in [0.05, 0.1) is 0 Å². The molecule has 0 aliphatic carbocycles. The molecule has 0 unspecified atom stereocenters. The van der Waals surface area contributed by atoms with Crippen LogP contribution in [0.1, 0.15) is 13.8 Å². The number of hydrogen-bond acceptors (Lipinski definition) is 1. The molecule has 0 saturated carbocycles. The third kappa shape index (κ3) is 8.05. The Labute approximate surface area is 237 Å². The lowest BCUT2D eigenvalue weighted by Gasteiger charge is -2.22. The van der Waals surface area contributed by atoms with E-state index in [4.69, 9.17) is 4.74 Å². The highest BCUT2D eigenvalue weighted by Gasteiger charge is 2.19. The van der Waals surface area contributed by atoms with E-state index in [9.17, 15) is 0 Å². The van der Waals surface area contributed by atoms with Gasteiger partial charge in [-0.15, -0.1) is 0 Å². The molecular weight excluding hydrogens is 472 g/mol. The molecule has 0 N–H and O–H groups in total. The number of ether oxygens (including phenoxy) is 1. The molecule has 200 valence electrons. The highest BCUT2D eigenvalue weighted by molar-refractivity contribution is 5.69. The van der Waals surface area contributed by atoms with E-state index in [1.807, 2.05) is 13.8 Å². The second-order valence-electron chi connectivity index (χ2n) is 9.21. The van der Waals surface area contributed by atoms with Crippen LogP contribution in [0.5, 0.6) is 0 Å². The van der Waals surface area contributed by atoms with Gasteiger partial charge >= 0.3 is 0 Å². The largest absolute Gasteiger partial charge is 0.457 e. The van der Waals surface area contributed by atoms with Crippen LogP contribution in [0.15, 0.2) is 219 Å². The Balaban J connectivity index is 5.47. The van der Waals surface area contributed by atoms with Gasteiger partial charge in [-0.3, -0.25) is 0 Å². The Kier molecular flexibility index (Phi) is 11.9. The van der Waals surface area contributed by atoms with E-state index in [1.165, 1.54) is 0 Å². The van der Waals surface area contributed by atoms with Crippen molar-refractivity contribution in [2.75, 3.05) is 0 Å². The summed E-state index contributed by atoms with van der Waals surface area (Å²) >= 11 is 0. The van der Waals surface area contributed by atoms with Gasteiger partial charge in [0, 0.05) is 11.1 Å². The van der Waals surface area contributed by atoms with Gasteiger partial charge in [-0.1, -0.05) is 130 Å². The van der Waals surface area contributed by atoms with Gasteiger partial charge in [-0.2, -0.15) is 0 Å². The summed E-state index contributed by atoms with van der Waals surface area (Å²) in [6.45, 7) is 76.2. The summed E-state index contributed by atoms with van der Waals surface area (Å²) in [5.74, 6) is 0.396. The lowest BCUT2D eigenvalue weighted by molar-refractivity contribution is 0.331. The molecule has 0 aliphatic heterocycles. The summed E-state index contributed by atoms with van der Waals surface area (Å²) in [5, 5.41) is 0. The first-order chi connectivity index (χ1) is 17.7. The van der Waals surface area contributed by atoms with Crippen LogP contribution in [-0.4, -0.2) is 0 Å². The van der Waals surface area contributed by atoms with Gasteiger partial charge in [-0.05, 0) is 80.7 Å². The van der Waals surface area contributed by atoms with Crippen molar-refractivity contribution in [3.05, 3.63) is 219 Å². The highest BCUT2D eigenvalue weighted by atomic mass is 16.5. The van der Waals surface area contributed by atoms with Gasteiger partial charge in [0.2, 0.25) is 0 Å². The second kappa shape index (κ2) is 13.6. The molecular formula is C38H42O. The summed E-state index contributed by atoms with van der Waals surface area (Å²) < 4.78 is 5.85. The molecule has 0 aromatic heterocycles. The molecule has 0 bridgehead atoms. The fourth-order valence-electron chi connectivity index (χ4n) is 2.95. The van der Waals surface area contributed by atoms with E-state index in [2.05, 4.69) is 118 Å². The zero-order chi connectivity index (χ0) is 31.1. The van der Waals surface area contributed by atoms with Crippen LogP contribution in [0.3, 0.4) is 0 Å². The van der Waals surface area contributed by atoms with E-state index in [0.717, 1.165) is 11.1 Å². The predicted molar refractivity (Wildman–Crippen MR) is 177 cm³/mol. The van der Waals surface area contributed by atoms with Crippen LogP contribution < -0.4 is 0 Å². The first-order valence-electron chi connectivity index (χ1n) is 11.8. The van der Waals surface area contributed by atoms with Crippen LogP contribution in [-0.2, 0) is 4.74 Å². The Bertz CT molecular complexity index is 1300. The molecule has 0 atom stereocenters. The van der Waals surface area contributed by atoms with Crippen molar-refractivity contribution in [2.24, 2.45) is 0 Å². The topological polar surface area (TPSA) is 9.23 Å². The van der Waals surface area contributed by atoms with Crippen molar-refractivity contribution in [3.63, 3.8) is 0 Å². The van der Waals surface area contributed by atoms with Gasteiger partial charge < -0.3 is 4.74 Å². The molecule has 0 fully saturated rings. The molecule has 0 saturated heterocycles. The van der Waals surface area contributed by atoms with Crippen LogP contribution in [0.2, 0.25) is 0 Å². The summed E-state index contributed by atoms with van der Waals surface area (Å²) in [5.41, 5.74) is 9.05. The maximum absolute atomic E-state index is 5.85. The fraction of sp³-hybridized carbons (Fsp3) is 0.0526. The van der Waals surface area contributed by atoms with Crippen LogP contribution in [0, 0.1) is 0 Å². The van der Waals surface area contributed by atoms with Crippen LogP contribution in [0.4, 0.5) is 0 Å². The van der Waals surface area contributed by atoms with Crippen molar-refractivity contribution in [3.8, 4) is 0 Å². The highest BCUT2D eigenvalue weighted by Crippen LogP contribution is 2.36. The zero-order valence-corrected chi connectivity index (χ0v) is 24.1. The lowest BCUT2D eigenvalue weighted by Crippen LogP contribution is -2.05. The van der Waals surface area contributed by atoms with Crippen LogP contribution in [0.25, 0.3) is 0 Å². The average Bonchev–Trinajstić information content (AvgIpc) is 2.90. The van der Waals surface area contributed by atoms with Gasteiger partial charge in [-0.25, -0.2) is 0 Å². The minimum absolute atomic E-state index is 0.198. The molecule has 0 radical (unpaired) electrons. The SMILES string of the molecule is C=C(C)C(=C)C(=C)C(=C)C(=C)C(=C)C(=C)C(=C)C(=C)OC(=C)C(=C)C(=C)C(=C)C(=C)C(=C)C(=C)C(=C)C(=C)C. The maximum atomic E-state index is 5.85. The van der Waals surface area contributed by atoms with Crippen LogP contribution >= 0.6 is 0 Å². The molecule has 39 heavy (non-hydrogen) atoms. The molecule has 0 amide bonds. The minimum atomic E-state index is 0.198. The average molecular weight is 515 g/mol. The number of hydrogen-bond donors (Lipinski definition) is 0. The van der Waals surface area contributed by atoms with E-state index in [1.54, 1.807) is 0 Å². The molecule has 0 aromatic carbocycles. The summed E-state index contributed by atoms with van der Waals surface area (Å²) in [4.78, 5) is 0. The molecule has 1 nitrogen and oxygen atoms in total. The van der Waals surface area contributed by atoms with E-state index >= 15 is 0 Å². The van der Waals surface area contributed by atoms with Crippen molar-refractivity contribution >= 4 is 0 Å². The smallest absolute Gasteiger partial charge is 0.127 e. The van der Waals surface area contributed by atoms with Crippen molar-refractivity contribution < 1.29 is 4.74 Å². The third-order valence-electron chi connectivity index (χ3n) is 6.32. The normalized spacial score (nSPS) is 9.59. The number of rotatable bonds is 18. The molecule has 0 heterocycles. The monoisotopic (exact) mass is 514 g/mol. The number of allylic oxidation sites excluding steroid dienone is 14.